The Kier molecular flexibility index (Phi) is 44.3. The molecule has 3 unspecified atom stereocenters. The lowest BCUT2D eigenvalue weighted by Crippen LogP contribution is -2.29. The molecule has 0 fully saturated rings. The number of unbranched alkanes of at least 4 members (excludes halogenated alkanes) is 21. The minimum atomic E-state index is -4.53. The molecule has 3 atom stereocenters. The Morgan fingerprint density at radius 1 is 0.525 bits per heavy atom. The quantitative estimate of drug-likeness (QED) is 0.0237. The molecule has 3 N–H and O–H groups in total. The summed E-state index contributed by atoms with van der Waals surface area (Å²) in [7, 11) is -4.53. The summed E-state index contributed by atoms with van der Waals surface area (Å²) in [6, 6.07) is 0. The zero-order valence-electron chi connectivity index (χ0n) is 37.7. The highest BCUT2D eigenvalue weighted by atomic mass is 31.2. The van der Waals surface area contributed by atoms with E-state index in [1.165, 1.54) is 103 Å². The van der Waals surface area contributed by atoms with Gasteiger partial charge in [0.25, 0.3) is 0 Å². The molecule has 10 heteroatoms. The van der Waals surface area contributed by atoms with E-state index in [-0.39, 0.29) is 19.6 Å². The van der Waals surface area contributed by atoms with Crippen LogP contribution in [0.1, 0.15) is 200 Å². The first-order valence-corrected chi connectivity index (χ1v) is 25.3. The monoisotopic (exact) mass is 853 g/mol. The summed E-state index contributed by atoms with van der Waals surface area (Å²) in [6.45, 7) is 3.44. The van der Waals surface area contributed by atoms with Crippen molar-refractivity contribution in [3.63, 3.8) is 0 Å². The predicted octanol–water partition coefficient (Wildman–Crippen LogP) is 13.5. The molecule has 0 amide bonds. The first kappa shape index (κ1) is 57.2. The first-order valence-electron chi connectivity index (χ1n) is 23.8. The number of aliphatic hydroxyl groups is 2. The molecule has 0 aliphatic heterocycles. The molecule has 0 spiro atoms. The smallest absolute Gasteiger partial charge is 0.457 e. The molecule has 0 radical (unpaired) electrons. The van der Waals surface area contributed by atoms with Crippen molar-refractivity contribution in [3.05, 3.63) is 60.8 Å². The largest absolute Gasteiger partial charge is 0.472 e. The summed E-state index contributed by atoms with van der Waals surface area (Å²) in [5, 5.41) is 18.4. The standard InChI is InChI=1S/C49H89O9P/c1-3-5-7-9-11-13-15-17-19-20-21-22-23-24-25-26-27-29-31-33-35-37-39-41-49(52)58-48(46-57-59(53,54)56-44-47(51)43-50)45-55-42-40-38-36-34-32-30-28-18-16-14-12-10-8-6-4-2/h10,12,15-18,20-21,23-24,47-48,50-51H,3-9,11,13-14,19,22,25-46H2,1-2H3,(H,53,54)/b12-10-,17-15-,18-16-,21-20-,24-23-. The summed E-state index contributed by atoms with van der Waals surface area (Å²) in [5.41, 5.74) is 0. The molecule has 9 nitrogen and oxygen atoms in total. The zero-order valence-corrected chi connectivity index (χ0v) is 38.6. The Bertz CT molecular complexity index is 1100. The van der Waals surface area contributed by atoms with Crippen molar-refractivity contribution in [3.8, 4) is 0 Å². The normalized spacial score (nSPS) is 14.5. The van der Waals surface area contributed by atoms with Crippen LogP contribution in [-0.2, 0) is 27.9 Å². The highest BCUT2D eigenvalue weighted by molar-refractivity contribution is 7.47. The van der Waals surface area contributed by atoms with Gasteiger partial charge >= 0.3 is 13.8 Å². The Balaban J connectivity index is 4.14. The van der Waals surface area contributed by atoms with Crippen LogP contribution in [0.4, 0.5) is 0 Å². The molecule has 0 heterocycles. The number of ether oxygens (including phenoxy) is 2. The van der Waals surface area contributed by atoms with Crippen LogP contribution in [0.15, 0.2) is 60.8 Å². The number of allylic oxidation sites excluding steroid dienone is 10. The number of phosphoric acid groups is 1. The van der Waals surface area contributed by atoms with Gasteiger partial charge in [-0.3, -0.25) is 13.8 Å². The third kappa shape index (κ3) is 45.5. The molecule has 344 valence electrons. The van der Waals surface area contributed by atoms with Gasteiger partial charge in [-0.15, -0.1) is 0 Å². The Labute approximate surface area is 361 Å². The number of carbonyl (C=O) groups excluding carboxylic acids is 1. The molecular weight excluding hydrogens is 764 g/mol. The van der Waals surface area contributed by atoms with Crippen molar-refractivity contribution < 1.29 is 43.0 Å². The van der Waals surface area contributed by atoms with Crippen LogP contribution in [0.25, 0.3) is 0 Å². The molecule has 59 heavy (non-hydrogen) atoms. The van der Waals surface area contributed by atoms with Gasteiger partial charge in [0, 0.05) is 13.0 Å². The lowest BCUT2D eigenvalue weighted by atomic mass is 10.1. The summed E-state index contributed by atoms with van der Waals surface area (Å²) in [5.74, 6) is -0.395. The molecule has 0 aliphatic carbocycles. The number of phosphoric ester groups is 1. The SMILES string of the molecule is CCCC/C=C\C/C=C\CCCCCCCCOCC(COP(=O)(O)OCC(O)CO)OC(=O)CCCCCCCCCC/C=C\C/C=C\C/C=C\CCCCCCC. The van der Waals surface area contributed by atoms with Gasteiger partial charge in [0.2, 0.25) is 0 Å². The van der Waals surface area contributed by atoms with E-state index >= 15 is 0 Å². The van der Waals surface area contributed by atoms with E-state index in [1.54, 1.807) is 0 Å². The molecule has 0 aliphatic rings. The molecule has 0 aromatic heterocycles. The van der Waals surface area contributed by atoms with Crippen molar-refractivity contribution in [1.82, 2.24) is 0 Å². The Morgan fingerprint density at radius 2 is 0.932 bits per heavy atom. The van der Waals surface area contributed by atoms with Gasteiger partial charge in [0.1, 0.15) is 12.2 Å². The van der Waals surface area contributed by atoms with Crippen LogP contribution in [-0.4, -0.2) is 66.3 Å². The fourth-order valence-corrected chi connectivity index (χ4v) is 7.05. The summed E-state index contributed by atoms with van der Waals surface area (Å²) in [4.78, 5) is 22.6. The van der Waals surface area contributed by atoms with Crippen LogP contribution in [0.3, 0.4) is 0 Å². The Morgan fingerprint density at radius 3 is 1.42 bits per heavy atom. The van der Waals surface area contributed by atoms with Crippen LogP contribution in [0.2, 0.25) is 0 Å². The second kappa shape index (κ2) is 45.7. The maximum Gasteiger partial charge on any atom is 0.472 e. The van der Waals surface area contributed by atoms with Crippen LogP contribution in [0.5, 0.6) is 0 Å². The lowest BCUT2D eigenvalue weighted by molar-refractivity contribution is -0.154. The molecule has 0 rings (SSSR count). The van der Waals surface area contributed by atoms with E-state index in [0.717, 1.165) is 77.0 Å². The topological polar surface area (TPSA) is 132 Å². The van der Waals surface area contributed by atoms with Gasteiger partial charge in [-0.2, -0.15) is 0 Å². The number of aliphatic hydroxyl groups excluding tert-OH is 2. The second-order valence-corrected chi connectivity index (χ2v) is 17.2. The summed E-state index contributed by atoms with van der Waals surface area (Å²) in [6.07, 6.45) is 53.2. The van der Waals surface area contributed by atoms with Gasteiger partial charge in [-0.25, -0.2) is 4.57 Å². The van der Waals surface area contributed by atoms with Crippen molar-refractivity contribution in [2.24, 2.45) is 0 Å². The van der Waals surface area contributed by atoms with Gasteiger partial charge in [0.15, 0.2) is 0 Å². The van der Waals surface area contributed by atoms with Gasteiger partial charge in [-0.1, -0.05) is 177 Å². The minimum absolute atomic E-state index is 0.0369. The minimum Gasteiger partial charge on any atom is -0.457 e. The molecule has 0 bridgehead atoms. The third-order valence-corrected chi connectivity index (χ3v) is 10.9. The molecule has 0 aromatic carbocycles. The van der Waals surface area contributed by atoms with Crippen molar-refractivity contribution in [2.75, 3.05) is 33.0 Å². The first-order chi connectivity index (χ1) is 28.8. The highest BCUT2D eigenvalue weighted by Gasteiger charge is 2.26. The number of rotatable bonds is 45. The number of hydrogen-bond acceptors (Lipinski definition) is 8. The summed E-state index contributed by atoms with van der Waals surface area (Å²) >= 11 is 0. The second-order valence-electron chi connectivity index (χ2n) is 15.8. The number of hydrogen-bond donors (Lipinski definition) is 3. The van der Waals surface area contributed by atoms with Gasteiger partial charge < -0.3 is 24.6 Å². The summed E-state index contributed by atoms with van der Waals surface area (Å²) < 4.78 is 33.4. The average molecular weight is 853 g/mol. The number of esters is 1. The van der Waals surface area contributed by atoms with Crippen LogP contribution < -0.4 is 0 Å². The molecular formula is C49H89O9P. The van der Waals surface area contributed by atoms with E-state index in [1.807, 2.05) is 0 Å². The van der Waals surface area contributed by atoms with E-state index in [0.29, 0.717) is 6.61 Å². The lowest BCUT2D eigenvalue weighted by Gasteiger charge is -2.20. The van der Waals surface area contributed by atoms with E-state index < -0.39 is 39.2 Å². The van der Waals surface area contributed by atoms with E-state index in [9.17, 15) is 19.4 Å². The van der Waals surface area contributed by atoms with Crippen molar-refractivity contribution in [1.29, 1.82) is 0 Å². The Hall–Kier alpha value is -1.84. The van der Waals surface area contributed by atoms with Crippen molar-refractivity contribution in [2.45, 2.75) is 212 Å². The molecule has 0 aromatic rings. The average Bonchev–Trinajstić information content (AvgIpc) is 3.23. The van der Waals surface area contributed by atoms with E-state index in [4.69, 9.17) is 23.6 Å². The fourth-order valence-electron chi connectivity index (χ4n) is 6.26. The molecule has 0 saturated carbocycles. The van der Waals surface area contributed by atoms with Crippen LogP contribution in [0, 0.1) is 0 Å². The maximum absolute atomic E-state index is 12.7. The van der Waals surface area contributed by atoms with Gasteiger partial charge in [0.05, 0.1) is 26.4 Å². The molecule has 0 saturated heterocycles. The zero-order chi connectivity index (χ0) is 43.2. The fraction of sp³-hybridized carbons (Fsp3) is 0.776. The van der Waals surface area contributed by atoms with Crippen LogP contribution >= 0.6 is 7.82 Å². The predicted molar refractivity (Wildman–Crippen MR) is 246 cm³/mol. The number of carbonyl (C=O) groups is 1. The third-order valence-electron chi connectivity index (χ3n) is 9.93. The maximum atomic E-state index is 12.7. The highest BCUT2D eigenvalue weighted by Crippen LogP contribution is 2.43. The van der Waals surface area contributed by atoms with Gasteiger partial charge in [-0.05, 0) is 77.0 Å². The van der Waals surface area contributed by atoms with E-state index in [2.05, 4.69) is 74.6 Å². The van der Waals surface area contributed by atoms with Crippen molar-refractivity contribution >= 4 is 13.8 Å².